The number of hydrogen-bond donors (Lipinski definition) is 1. The summed E-state index contributed by atoms with van der Waals surface area (Å²) in [6.07, 6.45) is 3.92. The van der Waals surface area contributed by atoms with Crippen molar-refractivity contribution in [2.24, 2.45) is 17.8 Å². The largest absolute Gasteiger partial charge is 0.393 e. The first-order valence-corrected chi connectivity index (χ1v) is 8.26. The van der Waals surface area contributed by atoms with Crippen LogP contribution in [0.5, 0.6) is 0 Å². The highest BCUT2D eigenvalue weighted by Gasteiger charge is 2.30. The molecule has 106 valence electrons. The van der Waals surface area contributed by atoms with Gasteiger partial charge in [-0.2, -0.15) is 0 Å². The lowest BCUT2D eigenvalue weighted by Gasteiger charge is -2.35. The Morgan fingerprint density at radius 3 is 2.74 bits per heavy atom. The van der Waals surface area contributed by atoms with E-state index in [2.05, 4.69) is 35.8 Å². The van der Waals surface area contributed by atoms with Crippen LogP contribution >= 0.6 is 27.5 Å². The van der Waals surface area contributed by atoms with E-state index in [1.165, 1.54) is 0 Å². The lowest BCUT2D eigenvalue weighted by Crippen LogP contribution is -2.32. The Kier molecular flexibility index (Phi) is 5.33. The van der Waals surface area contributed by atoms with Crippen LogP contribution < -0.4 is 0 Å². The van der Waals surface area contributed by atoms with E-state index in [4.69, 9.17) is 11.6 Å². The van der Waals surface area contributed by atoms with Crippen molar-refractivity contribution in [2.45, 2.75) is 45.6 Å². The third-order valence-electron chi connectivity index (χ3n) is 4.42. The van der Waals surface area contributed by atoms with Crippen LogP contribution in [0.15, 0.2) is 22.7 Å². The zero-order valence-electron chi connectivity index (χ0n) is 11.6. The highest BCUT2D eigenvalue weighted by Crippen LogP contribution is 2.36. The normalized spacial score (nSPS) is 27.8. The summed E-state index contributed by atoms with van der Waals surface area (Å²) < 4.78 is 1.01. The van der Waals surface area contributed by atoms with Gasteiger partial charge in [-0.05, 0) is 61.1 Å². The molecule has 19 heavy (non-hydrogen) atoms. The SMILES string of the molecule is CC(C)C1CCC(O)C(Cc2ccc(Br)cc2Cl)C1. The lowest BCUT2D eigenvalue weighted by atomic mass is 9.73. The first-order valence-electron chi connectivity index (χ1n) is 7.09. The predicted molar refractivity (Wildman–Crippen MR) is 84.5 cm³/mol. The van der Waals surface area contributed by atoms with E-state index in [-0.39, 0.29) is 6.10 Å². The van der Waals surface area contributed by atoms with E-state index in [0.717, 1.165) is 46.7 Å². The summed E-state index contributed by atoms with van der Waals surface area (Å²) in [6, 6.07) is 6.03. The number of rotatable bonds is 3. The topological polar surface area (TPSA) is 20.2 Å². The summed E-state index contributed by atoms with van der Waals surface area (Å²) in [4.78, 5) is 0. The maximum absolute atomic E-state index is 10.2. The average molecular weight is 346 g/mol. The maximum Gasteiger partial charge on any atom is 0.0571 e. The molecule has 0 radical (unpaired) electrons. The highest BCUT2D eigenvalue weighted by molar-refractivity contribution is 9.10. The number of halogens is 2. The molecule has 0 spiro atoms. The van der Waals surface area contributed by atoms with Crippen LogP contribution in [0.25, 0.3) is 0 Å². The van der Waals surface area contributed by atoms with Crippen molar-refractivity contribution in [1.29, 1.82) is 0 Å². The van der Waals surface area contributed by atoms with Crippen LogP contribution in [-0.4, -0.2) is 11.2 Å². The van der Waals surface area contributed by atoms with Gasteiger partial charge in [0.1, 0.15) is 0 Å². The standard InChI is InChI=1S/C16H22BrClO/c1-10(2)11-4-6-16(19)13(7-11)8-12-3-5-14(17)9-15(12)18/h3,5,9-11,13,16,19H,4,6-8H2,1-2H3. The molecular formula is C16H22BrClO. The molecule has 3 atom stereocenters. The molecule has 1 N–H and O–H groups in total. The summed E-state index contributed by atoms with van der Waals surface area (Å²) in [7, 11) is 0. The Bertz CT molecular complexity index is 433. The van der Waals surface area contributed by atoms with Gasteiger partial charge in [0, 0.05) is 9.50 Å². The van der Waals surface area contributed by atoms with E-state index in [0.29, 0.717) is 11.8 Å². The van der Waals surface area contributed by atoms with Gasteiger partial charge in [0.2, 0.25) is 0 Å². The van der Waals surface area contributed by atoms with Crippen molar-refractivity contribution < 1.29 is 5.11 Å². The molecule has 0 amide bonds. The quantitative estimate of drug-likeness (QED) is 0.810. The Balaban J connectivity index is 2.07. The van der Waals surface area contributed by atoms with Crippen molar-refractivity contribution in [3.05, 3.63) is 33.3 Å². The van der Waals surface area contributed by atoms with Gasteiger partial charge < -0.3 is 5.11 Å². The molecule has 0 saturated heterocycles. The minimum Gasteiger partial charge on any atom is -0.393 e. The molecule has 1 aromatic rings. The van der Waals surface area contributed by atoms with Crippen molar-refractivity contribution >= 4 is 27.5 Å². The molecular weight excluding hydrogens is 324 g/mol. The molecule has 3 unspecified atom stereocenters. The fourth-order valence-electron chi connectivity index (χ4n) is 3.08. The number of aliphatic hydroxyl groups is 1. The molecule has 1 nitrogen and oxygen atoms in total. The molecule has 0 bridgehead atoms. The van der Waals surface area contributed by atoms with Crippen LogP contribution in [0.3, 0.4) is 0 Å². The molecule has 0 aliphatic heterocycles. The number of hydrogen-bond acceptors (Lipinski definition) is 1. The van der Waals surface area contributed by atoms with Crippen LogP contribution in [0.2, 0.25) is 5.02 Å². The van der Waals surface area contributed by atoms with E-state index in [1.807, 2.05) is 12.1 Å². The molecule has 1 aromatic carbocycles. The van der Waals surface area contributed by atoms with E-state index < -0.39 is 0 Å². The monoisotopic (exact) mass is 344 g/mol. The first kappa shape index (κ1) is 15.3. The van der Waals surface area contributed by atoms with Crippen LogP contribution in [-0.2, 0) is 6.42 Å². The zero-order chi connectivity index (χ0) is 14.0. The minimum atomic E-state index is -0.172. The predicted octanol–water partition coefficient (Wildman–Crippen LogP) is 5.08. The number of benzene rings is 1. The van der Waals surface area contributed by atoms with Crippen molar-refractivity contribution in [3.63, 3.8) is 0 Å². The van der Waals surface area contributed by atoms with Gasteiger partial charge in [-0.3, -0.25) is 0 Å². The first-order chi connectivity index (χ1) is 8.97. The molecule has 1 aliphatic rings. The van der Waals surface area contributed by atoms with Gasteiger partial charge in [-0.1, -0.05) is 47.4 Å². The smallest absolute Gasteiger partial charge is 0.0571 e. The van der Waals surface area contributed by atoms with Crippen molar-refractivity contribution in [2.75, 3.05) is 0 Å². The summed E-state index contributed by atoms with van der Waals surface area (Å²) >= 11 is 9.71. The third-order valence-corrected chi connectivity index (χ3v) is 5.27. The summed E-state index contributed by atoms with van der Waals surface area (Å²) in [5.41, 5.74) is 1.15. The Morgan fingerprint density at radius 2 is 2.11 bits per heavy atom. The van der Waals surface area contributed by atoms with Gasteiger partial charge in [0.15, 0.2) is 0 Å². The maximum atomic E-state index is 10.2. The average Bonchev–Trinajstić information content (AvgIpc) is 2.34. The van der Waals surface area contributed by atoms with Crippen LogP contribution in [0, 0.1) is 17.8 Å². The lowest BCUT2D eigenvalue weighted by molar-refractivity contribution is 0.0379. The van der Waals surface area contributed by atoms with Gasteiger partial charge in [0.05, 0.1) is 6.10 Å². The van der Waals surface area contributed by atoms with Crippen LogP contribution in [0.1, 0.15) is 38.7 Å². The second-order valence-corrected chi connectivity index (χ2v) is 7.41. The Morgan fingerprint density at radius 1 is 1.37 bits per heavy atom. The van der Waals surface area contributed by atoms with Crippen molar-refractivity contribution in [3.8, 4) is 0 Å². The van der Waals surface area contributed by atoms with E-state index in [1.54, 1.807) is 0 Å². The Hall–Kier alpha value is -0.0500. The Labute approximate surface area is 129 Å². The molecule has 0 heterocycles. The second kappa shape index (κ2) is 6.60. The van der Waals surface area contributed by atoms with Gasteiger partial charge >= 0.3 is 0 Å². The highest BCUT2D eigenvalue weighted by atomic mass is 79.9. The van der Waals surface area contributed by atoms with E-state index in [9.17, 15) is 5.11 Å². The summed E-state index contributed by atoms with van der Waals surface area (Å²) in [6.45, 7) is 4.57. The summed E-state index contributed by atoms with van der Waals surface area (Å²) in [5.74, 6) is 1.79. The zero-order valence-corrected chi connectivity index (χ0v) is 13.9. The number of aliphatic hydroxyl groups excluding tert-OH is 1. The van der Waals surface area contributed by atoms with Crippen molar-refractivity contribution in [1.82, 2.24) is 0 Å². The molecule has 1 saturated carbocycles. The molecule has 1 aliphatic carbocycles. The molecule has 1 fully saturated rings. The summed E-state index contributed by atoms with van der Waals surface area (Å²) in [5, 5.41) is 11.0. The van der Waals surface area contributed by atoms with Crippen LogP contribution in [0.4, 0.5) is 0 Å². The van der Waals surface area contributed by atoms with Gasteiger partial charge in [0.25, 0.3) is 0 Å². The molecule has 3 heteroatoms. The molecule has 2 rings (SSSR count). The van der Waals surface area contributed by atoms with Gasteiger partial charge in [-0.15, -0.1) is 0 Å². The third kappa shape index (κ3) is 3.96. The van der Waals surface area contributed by atoms with Gasteiger partial charge in [-0.25, -0.2) is 0 Å². The fourth-order valence-corrected chi connectivity index (χ4v) is 3.83. The second-order valence-electron chi connectivity index (χ2n) is 6.08. The van der Waals surface area contributed by atoms with E-state index >= 15 is 0 Å². The minimum absolute atomic E-state index is 0.172. The fraction of sp³-hybridized carbons (Fsp3) is 0.625. The molecule has 0 aromatic heterocycles.